The highest BCUT2D eigenvalue weighted by Crippen LogP contribution is 2.35. The maximum Gasteiger partial charge on any atom is 0.158 e. The second-order valence-electron chi connectivity index (χ2n) is 7.97. The lowest BCUT2D eigenvalue weighted by atomic mass is 10.0. The number of hydrogen-bond acceptors (Lipinski definition) is 6. The van der Waals surface area contributed by atoms with Crippen LogP contribution >= 0.6 is 0 Å². The van der Waals surface area contributed by atoms with Gasteiger partial charge in [-0.1, -0.05) is 6.07 Å². The largest absolute Gasteiger partial charge is 0.496 e. The summed E-state index contributed by atoms with van der Waals surface area (Å²) in [4.78, 5) is 6.92. The molecule has 7 nitrogen and oxygen atoms in total. The number of rotatable bonds is 6. The van der Waals surface area contributed by atoms with E-state index in [9.17, 15) is 8.78 Å². The number of nitrogens with one attached hydrogen (secondary N) is 3. The summed E-state index contributed by atoms with van der Waals surface area (Å²) in [6.07, 6.45) is 0. The van der Waals surface area contributed by atoms with Crippen LogP contribution in [0.15, 0.2) is 48.5 Å². The quantitative estimate of drug-likeness (QED) is 0.411. The van der Waals surface area contributed by atoms with Gasteiger partial charge in [-0.3, -0.25) is 10.00 Å². The van der Waals surface area contributed by atoms with Crippen LogP contribution in [0.4, 0.5) is 20.3 Å². The predicted octanol–water partition coefficient (Wildman–Crippen LogP) is 4.06. The number of H-pyrrole nitrogens is 1. The lowest BCUT2D eigenvalue weighted by Gasteiger charge is -2.27. The van der Waals surface area contributed by atoms with Crippen LogP contribution in [-0.2, 0) is 6.54 Å². The molecule has 1 fully saturated rings. The van der Waals surface area contributed by atoms with Crippen molar-refractivity contribution in [2.75, 3.05) is 38.6 Å². The van der Waals surface area contributed by atoms with E-state index in [4.69, 9.17) is 4.74 Å². The fourth-order valence-corrected chi connectivity index (χ4v) is 4.07. The molecule has 3 N–H and O–H groups in total. The average molecular weight is 450 g/mol. The molecular formula is C24H24F2N6O. The van der Waals surface area contributed by atoms with E-state index in [1.807, 2.05) is 12.1 Å². The Labute approximate surface area is 189 Å². The van der Waals surface area contributed by atoms with Crippen molar-refractivity contribution in [3.63, 3.8) is 0 Å². The second-order valence-corrected chi connectivity index (χ2v) is 7.97. The number of aromatic amines is 1. The Morgan fingerprint density at radius 2 is 1.91 bits per heavy atom. The lowest BCUT2D eigenvalue weighted by Crippen LogP contribution is -2.42. The van der Waals surface area contributed by atoms with Crippen LogP contribution in [0, 0.1) is 11.6 Å². The first-order valence-corrected chi connectivity index (χ1v) is 10.8. The second kappa shape index (κ2) is 9.13. The van der Waals surface area contributed by atoms with E-state index in [0.717, 1.165) is 61.2 Å². The van der Waals surface area contributed by atoms with Gasteiger partial charge in [-0.05, 0) is 42.0 Å². The number of pyridine rings is 1. The van der Waals surface area contributed by atoms with E-state index in [-0.39, 0.29) is 5.69 Å². The Hall–Kier alpha value is -3.56. The molecule has 3 heterocycles. The summed E-state index contributed by atoms with van der Waals surface area (Å²) in [5, 5.41) is 14.5. The zero-order valence-corrected chi connectivity index (χ0v) is 18.2. The minimum Gasteiger partial charge on any atom is -0.496 e. The van der Waals surface area contributed by atoms with Gasteiger partial charge in [-0.2, -0.15) is 5.10 Å². The number of ether oxygens (including phenoxy) is 1. The topological polar surface area (TPSA) is 78.1 Å². The van der Waals surface area contributed by atoms with Gasteiger partial charge in [0.1, 0.15) is 28.9 Å². The van der Waals surface area contributed by atoms with Gasteiger partial charge in [-0.25, -0.2) is 13.8 Å². The number of nitrogens with zero attached hydrogens (tertiary/aromatic N) is 3. The first kappa shape index (κ1) is 21.3. The molecule has 1 saturated heterocycles. The first-order valence-electron chi connectivity index (χ1n) is 10.8. The molecule has 1 aliphatic rings. The summed E-state index contributed by atoms with van der Waals surface area (Å²) in [6.45, 7) is 4.88. The number of fused-ring (bicyclic) bond motifs is 1. The minimum absolute atomic E-state index is 0.144. The molecule has 1 aliphatic heterocycles. The molecule has 5 rings (SSSR count). The molecule has 0 unspecified atom stereocenters. The van der Waals surface area contributed by atoms with Crippen LogP contribution in [0.1, 0.15) is 5.56 Å². The molecule has 2 aromatic carbocycles. The number of aromatic nitrogens is 3. The molecule has 0 spiro atoms. The van der Waals surface area contributed by atoms with Crippen molar-refractivity contribution in [1.82, 2.24) is 25.4 Å². The van der Waals surface area contributed by atoms with E-state index in [0.29, 0.717) is 11.5 Å². The number of halogens is 2. The van der Waals surface area contributed by atoms with Gasteiger partial charge >= 0.3 is 0 Å². The highest BCUT2D eigenvalue weighted by Gasteiger charge is 2.17. The molecule has 4 aromatic rings. The van der Waals surface area contributed by atoms with Gasteiger partial charge in [-0.15, -0.1) is 0 Å². The molecule has 170 valence electrons. The van der Waals surface area contributed by atoms with E-state index in [2.05, 4.69) is 42.8 Å². The van der Waals surface area contributed by atoms with Gasteiger partial charge < -0.3 is 15.4 Å². The lowest BCUT2D eigenvalue weighted by molar-refractivity contribution is 0.233. The van der Waals surface area contributed by atoms with Crippen molar-refractivity contribution in [3.05, 3.63) is 65.7 Å². The van der Waals surface area contributed by atoms with Crippen LogP contribution in [0.3, 0.4) is 0 Å². The Morgan fingerprint density at radius 1 is 1.06 bits per heavy atom. The van der Waals surface area contributed by atoms with E-state index in [1.165, 1.54) is 17.7 Å². The molecule has 2 aromatic heterocycles. The highest BCUT2D eigenvalue weighted by atomic mass is 19.1. The molecule has 0 aliphatic carbocycles. The minimum atomic E-state index is -0.687. The third-order valence-electron chi connectivity index (χ3n) is 5.75. The summed E-state index contributed by atoms with van der Waals surface area (Å²) < 4.78 is 32.8. The van der Waals surface area contributed by atoms with Gasteiger partial charge in [0.25, 0.3) is 0 Å². The summed E-state index contributed by atoms with van der Waals surface area (Å²) >= 11 is 0. The summed E-state index contributed by atoms with van der Waals surface area (Å²) in [6, 6.07) is 13.1. The van der Waals surface area contributed by atoms with Crippen LogP contribution in [0.2, 0.25) is 0 Å². The molecule has 33 heavy (non-hydrogen) atoms. The van der Waals surface area contributed by atoms with Crippen molar-refractivity contribution < 1.29 is 13.5 Å². The van der Waals surface area contributed by atoms with Gasteiger partial charge in [0, 0.05) is 49.7 Å². The smallest absolute Gasteiger partial charge is 0.158 e. The molecule has 0 amide bonds. The Balaban J connectivity index is 1.45. The predicted molar refractivity (Wildman–Crippen MR) is 124 cm³/mol. The van der Waals surface area contributed by atoms with Gasteiger partial charge in [0.05, 0.1) is 12.8 Å². The number of methoxy groups -OCH3 is 1. The average Bonchev–Trinajstić information content (AvgIpc) is 3.25. The van der Waals surface area contributed by atoms with Crippen molar-refractivity contribution in [2.45, 2.75) is 6.54 Å². The monoisotopic (exact) mass is 450 g/mol. The molecule has 0 atom stereocenters. The zero-order chi connectivity index (χ0) is 22.8. The van der Waals surface area contributed by atoms with Crippen molar-refractivity contribution >= 4 is 22.5 Å². The Bertz CT molecular complexity index is 1290. The van der Waals surface area contributed by atoms with Crippen LogP contribution in [-0.4, -0.2) is 53.4 Å². The van der Waals surface area contributed by atoms with Crippen molar-refractivity contribution in [1.29, 1.82) is 0 Å². The maximum atomic E-state index is 14.0. The fraction of sp³-hybridized carbons (Fsp3) is 0.250. The van der Waals surface area contributed by atoms with E-state index < -0.39 is 11.6 Å². The Kier molecular flexibility index (Phi) is 5.89. The molecule has 0 bridgehead atoms. The fourth-order valence-electron chi connectivity index (χ4n) is 4.07. The van der Waals surface area contributed by atoms with Gasteiger partial charge in [0.15, 0.2) is 5.65 Å². The normalized spacial score (nSPS) is 14.5. The van der Waals surface area contributed by atoms with Crippen molar-refractivity contribution in [3.8, 4) is 17.0 Å². The maximum absolute atomic E-state index is 14.0. The van der Waals surface area contributed by atoms with Crippen LogP contribution in [0.5, 0.6) is 5.75 Å². The Morgan fingerprint density at radius 3 is 2.70 bits per heavy atom. The van der Waals surface area contributed by atoms with Crippen LogP contribution < -0.4 is 15.4 Å². The number of hydrogen-bond donors (Lipinski definition) is 3. The molecule has 0 saturated carbocycles. The number of benzene rings is 2. The number of piperazine rings is 1. The van der Waals surface area contributed by atoms with Crippen molar-refractivity contribution in [2.24, 2.45) is 0 Å². The SMILES string of the molecule is COc1ccc(CN2CCNCC2)cc1-c1n[nH]c2nc(Nc3ccc(F)cc3F)ccc12. The molecule has 9 heteroatoms. The highest BCUT2D eigenvalue weighted by molar-refractivity contribution is 5.93. The third-order valence-corrected chi connectivity index (χ3v) is 5.75. The third kappa shape index (κ3) is 4.50. The van der Waals surface area contributed by atoms with Gasteiger partial charge in [0.2, 0.25) is 0 Å². The molecule has 0 radical (unpaired) electrons. The zero-order valence-electron chi connectivity index (χ0n) is 18.2. The summed E-state index contributed by atoms with van der Waals surface area (Å²) in [7, 11) is 1.64. The van der Waals surface area contributed by atoms with Crippen LogP contribution in [0.25, 0.3) is 22.3 Å². The summed E-state index contributed by atoms with van der Waals surface area (Å²) in [5.41, 5.74) is 3.48. The van der Waals surface area contributed by atoms with E-state index >= 15 is 0 Å². The first-order chi connectivity index (χ1) is 16.1. The molecular weight excluding hydrogens is 426 g/mol. The summed E-state index contributed by atoms with van der Waals surface area (Å²) in [5.74, 6) is -0.174. The number of anilines is 2. The standard InChI is InChI=1S/C24H24F2N6O/c1-33-21-6-2-15(14-32-10-8-27-9-11-32)12-18(21)23-17-4-7-22(29-24(17)31-30-23)28-20-5-3-16(25)13-19(20)26/h2-7,12-13,27H,8-11,14H2,1H3,(H2,28,29,30,31). The van der Waals surface area contributed by atoms with E-state index in [1.54, 1.807) is 13.2 Å².